The van der Waals surface area contributed by atoms with Crippen molar-refractivity contribution >= 4 is 29.1 Å². The second-order valence-electron chi connectivity index (χ2n) is 8.36. The van der Waals surface area contributed by atoms with Gasteiger partial charge in [0.1, 0.15) is 0 Å². The molecule has 6 nitrogen and oxygen atoms in total. The van der Waals surface area contributed by atoms with Crippen LogP contribution in [0.1, 0.15) is 25.1 Å². The van der Waals surface area contributed by atoms with Crippen molar-refractivity contribution in [3.8, 4) is 0 Å². The first-order chi connectivity index (χ1) is 14.1. The van der Waals surface area contributed by atoms with Crippen molar-refractivity contribution in [2.75, 3.05) is 26.2 Å². The van der Waals surface area contributed by atoms with Crippen molar-refractivity contribution in [1.82, 2.24) is 15.5 Å². The van der Waals surface area contributed by atoms with Gasteiger partial charge in [-0.1, -0.05) is 25.1 Å². The van der Waals surface area contributed by atoms with Crippen molar-refractivity contribution in [3.05, 3.63) is 34.5 Å². The van der Waals surface area contributed by atoms with E-state index in [2.05, 4.69) is 52.2 Å². The van der Waals surface area contributed by atoms with E-state index in [-0.39, 0.29) is 35.5 Å². The first kappa shape index (κ1) is 20.1. The molecule has 2 heterocycles. The van der Waals surface area contributed by atoms with Crippen LogP contribution in [0.15, 0.2) is 34.7 Å². The first-order valence-electron chi connectivity index (χ1n) is 10.7. The van der Waals surface area contributed by atoms with Crippen molar-refractivity contribution in [2.45, 2.75) is 26.7 Å². The van der Waals surface area contributed by atoms with E-state index in [0.29, 0.717) is 19.0 Å². The summed E-state index contributed by atoms with van der Waals surface area (Å²) in [5.74, 6) is 1.54. The summed E-state index contributed by atoms with van der Waals surface area (Å²) in [6.07, 6.45) is 6.26. The van der Waals surface area contributed by atoms with Gasteiger partial charge < -0.3 is 10.6 Å². The zero-order valence-corrected chi connectivity index (χ0v) is 18.0. The molecule has 1 aromatic heterocycles. The van der Waals surface area contributed by atoms with Gasteiger partial charge in [0.25, 0.3) is 0 Å². The second kappa shape index (κ2) is 8.69. The number of thiophene rings is 1. The molecule has 4 rings (SSSR count). The van der Waals surface area contributed by atoms with Crippen LogP contribution in [0.2, 0.25) is 0 Å². The molecule has 5 unspecified atom stereocenters. The highest BCUT2D eigenvalue weighted by Gasteiger charge is 2.58. The number of likely N-dealkylation sites (tertiary alicyclic amines) is 1. The average molecular weight is 415 g/mol. The van der Waals surface area contributed by atoms with Crippen LogP contribution in [-0.4, -0.2) is 48.9 Å². The number of hydrogen-bond donors (Lipinski definition) is 2. The smallest absolute Gasteiger partial charge is 0.233 e. The molecular weight excluding hydrogens is 384 g/mol. The van der Waals surface area contributed by atoms with Gasteiger partial charge in [-0.05, 0) is 49.0 Å². The molecule has 2 amide bonds. The Balaban J connectivity index is 1.27. The first-order valence-corrected chi connectivity index (χ1v) is 11.5. The monoisotopic (exact) mass is 414 g/mol. The van der Waals surface area contributed by atoms with Crippen LogP contribution in [0.4, 0.5) is 0 Å². The molecule has 0 aromatic carbocycles. The summed E-state index contributed by atoms with van der Waals surface area (Å²) in [5, 5.41) is 8.64. The third-order valence-corrected chi connectivity index (χ3v) is 7.12. The summed E-state index contributed by atoms with van der Waals surface area (Å²) in [4.78, 5) is 33.0. The van der Waals surface area contributed by atoms with E-state index >= 15 is 0 Å². The predicted molar refractivity (Wildman–Crippen MR) is 116 cm³/mol. The maximum absolute atomic E-state index is 12.8. The molecule has 2 fully saturated rings. The van der Waals surface area contributed by atoms with Gasteiger partial charge in [-0.15, -0.1) is 11.3 Å². The Hall–Kier alpha value is -2.15. The highest BCUT2D eigenvalue weighted by atomic mass is 32.1. The fourth-order valence-electron chi connectivity index (χ4n) is 4.90. The number of carbonyl (C=O) groups excluding carboxylic acids is 2. The minimum absolute atomic E-state index is 0.0187. The lowest BCUT2D eigenvalue weighted by Gasteiger charge is -2.19. The van der Waals surface area contributed by atoms with Crippen LogP contribution in [-0.2, 0) is 16.0 Å². The van der Waals surface area contributed by atoms with E-state index in [1.54, 1.807) is 11.3 Å². The third-order valence-electron chi connectivity index (χ3n) is 6.22. The van der Waals surface area contributed by atoms with Crippen molar-refractivity contribution in [1.29, 1.82) is 0 Å². The summed E-state index contributed by atoms with van der Waals surface area (Å²) in [7, 11) is 0. The van der Waals surface area contributed by atoms with Crippen LogP contribution in [0.5, 0.6) is 0 Å². The predicted octanol–water partition coefficient (Wildman–Crippen LogP) is 2.29. The Morgan fingerprint density at radius 2 is 1.97 bits per heavy atom. The molecule has 0 spiro atoms. The molecule has 7 heteroatoms. The number of nitrogens with one attached hydrogen (secondary N) is 2. The minimum atomic E-state index is -0.113. The molecule has 3 aliphatic rings. The summed E-state index contributed by atoms with van der Waals surface area (Å²) in [5.41, 5.74) is 0. The van der Waals surface area contributed by atoms with Crippen LogP contribution < -0.4 is 10.6 Å². The number of imide groups is 1. The maximum atomic E-state index is 12.8. The molecule has 156 valence electrons. The normalized spacial score (nSPS) is 28.9. The number of aliphatic imine (C=N–C) groups is 1. The standard InChI is InChI=1S/C22H30N4O2S/c1-3-23-22(25-13-14(2)11-17-5-4-10-29-17)24-8-9-26-20(27)18-15-6-7-16(12-15)19(18)21(26)28/h4-7,10,14-16,18-19H,3,8-9,11-13H2,1-2H3,(H2,23,24,25). The van der Waals surface area contributed by atoms with Gasteiger partial charge in [-0.2, -0.15) is 0 Å². The van der Waals surface area contributed by atoms with Crippen LogP contribution in [0, 0.1) is 29.6 Å². The molecule has 29 heavy (non-hydrogen) atoms. The SMILES string of the molecule is CCNC(=NCC(C)Cc1cccs1)NCCN1C(=O)C2C3C=CC(C3)C2C1=O. The van der Waals surface area contributed by atoms with Gasteiger partial charge in [-0.3, -0.25) is 19.5 Å². The quantitative estimate of drug-likeness (QED) is 0.296. The van der Waals surface area contributed by atoms with Crippen molar-refractivity contribution in [2.24, 2.45) is 34.6 Å². The number of fused-ring (bicyclic) bond motifs is 5. The van der Waals surface area contributed by atoms with Gasteiger partial charge in [0.2, 0.25) is 11.8 Å². The minimum Gasteiger partial charge on any atom is -0.357 e. The number of rotatable bonds is 8. The highest BCUT2D eigenvalue weighted by Crippen LogP contribution is 2.52. The van der Waals surface area contributed by atoms with Gasteiger partial charge in [0.05, 0.1) is 11.8 Å². The zero-order valence-electron chi connectivity index (χ0n) is 17.1. The van der Waals surface area contributed by atoms with Crippen molar-refractivity contribution in [3.63, 3.8) is 0 Å². The molecular formula is C22H30N4O2S. The molecule has 2 N–H and O–H groups in total. The Kier molecular flexibility index (Phi) is 6.04. The van der Waals surface area contributed by atoms with Crippen LogP contribution in [0.25, 0.3) is 0 Å². The maximum Gasteiger partial charge on any atom is 0.233 e. The van der Waals surface area contributed by atoms with E-state index in [0.717, 1.165) is 31.9 Å². The Morgan fingerprint density at radius 1 is 1.24 bits per heavy atom. The summed E-state index contributed by atoms with van der Waals surface area (Å²) in [6.45, 7) is 6.66. The molecule has 2 aliphatic carbocycles. The van der Waals surface area contributed by atoms with E-state index < -0.39 is 0 Å². The van der Waals surface area contributed by atoms with Crippen molar-refractivity contribution < 1.29 is 9.59 Å². The molecule has 1 saturated heterocycles. The topological polar surface area (TPSA) is 73.8 Å². The molecule has 0 radical (unpaired) electrons. The number of hydrogen-bond acceptors (Lipinski definition) is 4. The number of amides is 2. The Morgan fingerprint density at radius 3 is 2.59 bits per heavy atom. The lowest BCUT2D eigenvalue weighted by molar-refractivity contribution is -0.140. The summed E-state index contributed by atoms with van der Waals surface area (Å²) in [6, 6.07) is 4.24. The van der Waals surface area contributed by atoms with E-state index in [9.17, 15) is 9.59 Å². The summed E-state index contributed by atoms with van der Waals surface area (Å²) < 4.78 is 0. The average Bonchev–Trinajstić information content (AvgIpc) is 3.48. The number of carbonyl (C=O) groups is 2. The lowest BCUT2D eigenvalue weighted by atomic mass is 9.85. The second-order valence-corrected chi connectivity index (χ2v) is 9.40. The van der Waals surface area contributed by atoms with Gasteiger partial charge in [0, 0.05) is 31.1 Å². The Labute approximate surface area is 176 Å². The Bertz CT molecular complexity index is 774. The lowest BCUT2D eigenvalue weighted by Crippen LogP contribution is -2.43. The number of nitrogens with zero attached hydrogens (tertiary/aromatic N) is 2. The van der Waals surface area contributed by atoms with Crippen LogP contribution in [0.3, 0.4) is 0 Å². The zero-order chi connectivity index (χ0) is 20.4. The van der Waals surface area contributed by atoms with Crippen LogP contribution >= 0.6 is 11.3 Å². The number of allylic oxidation sites excluding steroid dienone is 2. The van der Waals surface area contributed by atoms with Gasteiger partial charge in [0.15, 0.2) is 5.96 Å². The van der Waals surface area contributed by atoms with Gasteiger partial charge >= 0.3 is 0 Å². The highest BCUT2D eigenvalue weighted by molar-refractivity contribution is 7.09. The molecule has 5 atom stereocenters. The molecule has 1 aliphatic heterocycles. The fraction of sp³-hybridized carbons (Fsp3) is 0.591. The molecule has 1 saturated carbocycles. The van der Waals surface area contributed by atoms with Gasteiger partial charge in [-0.25, -0.2) is 0 Å². The number of guanidine groups is 1. The van der Waals surface area contributed by atoms with E-state index in [1.165, 1.54) is 9.78 Å². The van der Waals surface area contributed by atoms with E-state index in [1.807, 2.05) is 6.92 Å². The molecule has 1 aromatic rings. The van der Waals surface area contributed by atoms with E-state index in [4.69, 9.17) is 0 Å². The third kappa shape index (κ3) is 4.10. The summed E-state index contributed by atoms with van der Waals surface area (Å²) >= 11 is 1.78. The molecule has 2 bridgehead atoms. The largest absolute Gasteiger partial charge is 0.357 e. The fourth-order valence-corrected chi connectivity index (χ4v) is 5.77.